The summed E-state index contributed by atoms with van der Waals surface area (Å²) in [5.41, 5.74) is 6.03. The van der Waals surface area contributed by atoms with Crippen LogP contribution in [0.2, 0.25) is 0 Å². The van der Waals surface area contributed by atoms with Gasteiger partial charge >= 0.3 is 0 Å². The van der Waals surface area contributed by atoms with Crippen LogP contribution in [0.3, 0.4) is 0 Å². The largest absolute Gasteiger partial charge is 0.497 e. The van der Waals surface area contributed by atoms with Crippen molar-refractivity contribution in [3.05, 3.63) is 23.8 Å². The van der Waals surface area contributed by atoms with Gasteiger partial charge in [0.25, 0.3) is 5.91 Å². The average Bonchev–Trinajstić information content (AvgIpc) is 2.53. The smallest absolute Gasteiger partial charge is 0.257 e. The van der Waals surface area contributed by atoms with Crippen molar-refractivity contribution < 1.29 is 19.0 Å². The number of benzene rings is 1. The number of hydrogen-bond acceptors (Lipinski definition) is 5. The third-order valence-corrected chi connectivity index (χ3v) is 3.12. The van der Waals surface area contributed by atoms with Gasteiger partial charge in [-0.2, -0.15) is 0 Å². The van der Waals surface area contributed by atoms with Gasteiger partial charge in [0.2, 0.25) is 0 Å². The second-order valence-electron chi connectivity index (χ2n) is 4.49. The van der Waals surface area contributed by atoms with Crippen LogP contribution in [0.4, 0.5) is 0 Å². The van der Waals surface area contributed by atoms with Crippen LogP contribution >= 0.6 is 0 Å². The van der Waals surface area contributed by atoms with Crippen LogP contribution in [0.15, 0.2) is 18.2 Å². The molecule has 0 bridgehead atoms. The first-order chi connectivity index (χ1) is 10.2. The van der Waals surface area contributed by atoms with Gasteiger partial charge in [0.15, 0.2) is 0 Å². The number of carbonyl (C=O) groups is 1. The highest BCUT2D eigenvalue weighted by Crippen LogP contribution is 2.25. The molecule has 2 N–H and O–H groups in total. The number of hydrogen-bond donors (Lipinski definition) is 1. The normalized spacial score (nSPS) is 10.3. The van der Waals surface area contributed by atoms with Crippen molar-refractivity contribution in [2.75, 3.05) is 47.6 Å². The Morgan fingerprint density at radius 3 is 2.52 bits per heavy atom. The van der Waals surface area contributed by atoms with Crippen molar-refractivity contribution in [1.82, 2.24) is 4.90 Å². The van der Waals surface area contributed by atoms with E-state index in [1.54, 1.807) is 37.3 Å². The molecule has 0 aliphatic heterocycles. The van der Waals surface area contributed by atoms with Gasteiger partial charge in [-0.15, -0.1) is 0 Å². The molecular formula is C15H24N2O4. The van der Waals surface area contributed by atoms with Gasteiger partial charge in [0.05, 0.1) is 26.4 Å². The Balaban J connectivity index is 2.95. The summed E-state index contributed by atoms with van der Waals surface area (Å²) in [5, 5.41) is 0. The molecule has 1 aromatic rings. The molecule has 0 unspecified atom stereocenters. The molecule has 0 saturated heterocycles. The lowest BCUT2D eigenvalue weighted by Gasteiger charge is -2.23. The molecule has 0 spiro atoms. The molecule has 0 fully saturated rings. The molecule has 0 atom stereocenters. The molecule has 118 valence electrons. The molecular weight excluding hydrogens is 272 g/mol. The Labute approximate surface area is 125 Å². The number of ether oxygens (including phenoxy) is 3. The van der Waals surface area contributed by atoms with E-state index in [1.807, 2.05) is 0 Å². The minimum Gasteiger partial charge on any atom is -0.497 e. The maximum atomic E-state index is 12.6. The van der Waals surface area contributed by atoms with Crippen LogP contribution in [0.25, 0.3) is 0 Å². The fourth-order valence-electron chi connectivity index (χ4n) is 1.94. The molecule has 0 radical (unpaired) electrons. The van der Waals surface area contributed by atoms with Crippen LogP contribution in [0, 0.1) is 0 Å². The van der Waals surface area contributed by atoms with Crippen molar-refractivity contribution in [3.63, 3.8) is 0 Å². The Hall–Kier alpha value is -1.79. The summed E-state index contributed by atoms with van der Waals surface area (Å²) in [4.78, 5) is 14.4. The quantitative estimate of drug-likeness (QED) is 0.740. The molecule has 1 aromatic carbocycles. The number of nitrogens with two attached hydrogens (primary N) is 1. The Bertz CT molecular complexity index is 443. The van der Waals surface area contributed by atoms with Crippen LogP contribution in [0.5, 0.6) is 11.5 Å². The van der Waals surface area contributed by atoms with Gasteiger partial charge < -0.3 is 24.8 Å². The van der Waals surface area contributed by atoms with E-state index >= 15 is 0 Å². The van der Waals surface area contributed by atoms with Crippen LogP contribution in [0.1, 0.15) is 16.8 Å². The number of nitrogens with zero attached hydrogens (tertiary/aromatic N) is 1. The molecule has 6 heteroatoms. The zero-order chi connectivity index (χ0) is 15.7. The first-order valence-corrected chi connectivity index (χ1v) is 6.88. The van der Waals surface area contributed by atoms with Crippen molar-refractivity contribution in [1.29, 1.82) is 0 Å². The molecule has 0 aliphatic carbocycles. The first-order valence-electron chi connectivity index (χ1n) is 6.88. The standard InChI is InChI=1S/C15H24N2O4/c1-19-10-9-17(8-4-7-16)15(18)13-6-5-12(20-2)11-14(13)21-3/h5-6,11H,4,7-10,16H2,1-3H3. The third-order valence-electron chi connectivity index (χ3n) is 3.12. The van der Waals surface area contributed by atoms with Gasteiger partial charge in [0.1, 0.15) is 11.5 Å². The molecule has 1 rings (SSSR count). The summed E-state index contributed by atoms with van der Waals surface area (Å²) in [7, 11) is 4.72. The van der Waals surface area contributed by atoms with E-state index in [4.69, 9.17) is 19.9 Å². The van der Waals surface area contributed by atoms with Crippen molar-refractivity contribution >= 4 is 5.91 Å². The van der Waals surface area contributed by atoms with E-state index < -0.39 is 0 Å². The van der Waals surface area contributed by atoms with E-state index in [9.17, 15) is 4.79 Å². The molecule has 0 aromatic heterocycles. The number of rotatable bonds is 9. The molecule has 6 nitrogen and oxygen atoms in total. The second kappa shape index (κ2) is 9.20. The van der Waals surface area contributed by atoms with Gasteiger partial charge in [-0.25, -0.2) is 0 Å². The SMILES string of the molecule is COCCN(CCCN)C(=O)c1ccc(OC)cc1OC. The van der Waals surface area contributed by atoms with Crippen LogP contribution in [-0.2, 0) is 4.74 Å². The predicted molar refractivity (Wildman–Crippen MR) is 81.0 cm³/mol. The van der Waals surface area contributed by atoms with Crippen molar-refractivity contribution in [2.24, 2.45) is 5.73 Å². The summed E-state index contributed by atoms with van der Waals surface area (Å²) < 4.78 is 15.5. The fraction of sp³-hybridized carbons (Fsp3) is 0.533. The topological polar surface area (TPSA) is 74.0 Å². The average molecular weight is 296 g/mol. The van der Waals surface area contributed by atoms with Crippen LogP contribution in [-0.4, -0.2) is 58.4 Å². The van der Waals surface area contributed by atoms with Crippen LogP contribution < -0.4 is 15.2 Å². The highest BCUT2D eigenvalue weighted by molar-refractivity contribution is 5.97. The lowest BCUT2D eigenvalue weighted by molar-refractivity contribution is 0.0691. The van der Waals surface area contributed by atoms with E-state index in [0.29, 0.717) is 43.3 Å². The summed E-state index contributed by atoms with van der Waals surface area (Å²) in [5.74, 6) is 1.04. The van der Waals surface area contributed by atoms with Gasteiger partial charge in [-0.1, -0.05) is 0 Å². The summed E-state index contributed by atoms with van der Waals surface area (Å²) in [6.45, 7) is 2.13. The zero-order valence-electron chi connectivity index (χ0n) is 12.9. The molecule has 0 heterocycles. The van der Waals surface area contributed by atoms with E-state index in [2.05, 4.69) is 0 Å². The predicted octanol–water partition coefficient (Wildman–Crippen LogP) is 1.14. The summed E-state index contributed by atoms with van der Waals surface area (Å²) in [6, 6.07) is 5.15. The van der Waals surface area contributed by atoms with Gasteiger partial charge in [0, 0.05) is 26.3 Å². The van der Waals surface area contributed by atoms with Crippen molar-refractivity contribution in [2.45, 2.75) is 6.42 Å². The second-order valence-corrected chi connectivity index (χ2v) is 4.49. The molecule has 21 heavy (non-hydrogen) atoms. The lowest BCUT2D eigenvalue weighted by Crippen LogP contribution is -2.35. The monoisotopic (exact) mass is 296 g/mol. The summed E-state index contributed by atoms with van der Waals surface area (Å²) >= 11 is 0. The number of amides is 1. The third kappa shape index (κ3) is 4.91. The lowest BCUT2D eigenvalue weighted by atomic mass is 10.1. The van der Waals surface area contributed by atoms with Crippen molar-refractivity contribution in [3.8, 4) is 11.5 Å². The zero-order valence-corrected chi connectivity index (χ0v) is 12.9. The highest BCUT2D eigenvalue weighted by Gasteiger charge is 2.19. The number of methoxy groups -OCH3 is 3. The van der Waals surface area contributed by atoms with Gasteiger partial charge in [-0.05, 0) is 25.1 Å². The Kier molecular flexibility index (Phi) is 7.56. The fourth-order valence-corrected chi connectivity index (χ4v) is 1.94. The van der Waals surface area contributed by atoms with E-state index in [1.165, 1.54) is 7.11 Å². The molecule has 1 amide bonds. The first kappa shape index (κ1) is 17.3. The maximum Gasteiger partial charge on any atom is 0.257 e. The molecule has 0 saturated carbocycles. The van der Waals surface area contributed by atoms with Gasteiger partial charge in [-0.3, -0.25) is 4.79 Å². The summed E-state index contributed by atoms with van der Waals surface area (Å²) in [6.07, 6.45) is 0.744. The maximum absolute atomic E-state index is 12.6. The Morgan fingerprint density at radius 1 is 1.19 bits per heavy atom. The van der Waals surface area contributed by atoms with E-state index in [-0.39, 0.29) is 5.91 Å². The Morgan fingerprint density at radius 2 is 1.95 bits per heavy atom. The van der Waals surface area contributed by atoms with E-state index in [0.717, 1.165) is 6.42 Å². The number of carbonyl (C=O) groups excluding carboxylic acids is 1. The highest BCUT2D eigenvalue weighted by atomic mass is 16.5. The minimum absolute atomic E-state index is 0.0972. The molecule has 0 aliphatic rings. The minimum atomic E-state index is -0.0972.